The molecule has 1 saturated heterocycles. The Kier molecular flexibility index (Phi) is 5.92. The van der Waals surface area contributed by atoms with Crippen LogP contribution in [0.1, 0.15) is 25.0 Å². The molecule has 1 aromatic rings. The summed E-state index contributed by atoms with van der Waals surface area (Å²) < 4.78 is 4.97. The number of carbonyl (C=O) groups excluding carboxylic acids is 1. The van der Waals surface area contributed by atoms with Crippen LogP contribution in [-0.4, -0.2) is 49.2 Å². The van der Waals surface area contributed by atoms with Gasteiger partial charge >= 0.3 is 0 Å². The monoisotopic (exact) mass is 292 g/mol. The van der Waals surface area contributed by atoms with Gasteiger partial charge in [-0.3, -0.25) is 4.79 Å². The molecule has 2 heterocycles. The maximum absolute atomic E-state index is 12.1. The number of nitrogens with zero attached hydrogens (tertiary/aromatic N) is 3. The predicted molar refractivity (Wildman–Crippen MR) is 81.2 cm³/mol. The summed E-state index contributed by atoms with van der Waals surface area (Å²) in [5, 5.41) is 2.98. The molecule has 1 fully saturated rings. The van der Waals surface area contributed by atoms with E-state index in [1.165, 1.54) is 0 Å². The van der Waals surface area contributed by atoms with Gasteiger partial charge in [0.05, 0.1) is 0 Å². The highest BCUT2D eigenvalue weighted by atomic mass is 16.5. The molecule has 0 saturated carbocycles. The fourth-order valence-electron chi connectivity index (χ4n) is 2.50. The van der Waals surface area contributed by atoms with Crippen LogP contribution < -0.4 is 10.2 Å². The Labute approximate surface area is 125 Å². The van der Waals surface area contributed by atoms with Crippen molar-refractivity contribution in [2.75, 3.05) is 38.3 Å². The molecule has 1 aromatic heterocycles. The summed E-state index contributed by atoms with van der Waals surface area (Å²) in [5.74, 6) is 1.04. The summed E-state index contributed by atoms with van der Waals surface area (Å²) in [5.41, 5.74) is 0.970. The van der Waals surface area contributed by atoms with E-state index in [0.717, 1.165) is 44.0 Å². The number of amides is 1. The molecule has 0 aromatic carbocycles. The first-order valence-corrected chi connectivity index (χ1v) is 7.52. The number of aryl methyl sites for hydroxylation is 1. The van der Waals surface area contributed by atoms with Gasteiger partial charge in [0.25, 0.3) is 0 Å². The van der Waals surface area contributed by atoms with Crippen molar-refractivity contribution in [2.45, 2.75) is 26.2 Å². The Balaban J connectivity index is 1.76. The summed E-state index contributed by atoms with van der Waals surface area (Å²) in [6.45, 7) is 5.00. The van der Waals surface area contributed by atoms with E-state index in [4.69, 9.17) is 4.74 Å². The number of nitrogens with one attached hydrogen (secondary N) is 1. The average Bonchev–Trinajstić information content (AvgIpc) is 2.51. The van der Waals surface area contributed by atoms with Crippen LogP contribution in [0.2, 0.25) is 0 Å². The van der Waals surface area contributed by atoms with Crippen LogP contribution in [-0.2, 0) is 9.53 Å². The lowest BCUT2D eigenvalue weighted by Crippen LogP contribution is -2.41. The zero-order valence-electron chi connectivity index (χ0n) is 12.8. The summed E-state index contributed by atoms with van der Waals surface area (Å²) >= 11 is 0. The summed E-state index contributed by atoms with van der Waals surface area (Å²) in [7, 11) is 1.67. The molecule has 1 aliphatic heterocycles. The third-order valence-electron chi connectivity index (χ3n) is 3.76. The van der Waals surface area contributed by atoms with Crippen LogP contribution in [0.25, 0.3) is 0 Å². The van der Waals surface area contributed by atoms with Crippen LogP contribution >= 0.6 is 0 Å². The zero-order chi connectivity index (χ0) is 15.1. The third kappa shape index (κ3) is 4.67. The molecule has 0 unspecified atom stereocenters. The molecule has 1 N–H and O–H groups in total. The van der Waals surface area contributed by atoms with Crippen LogP contribution in [0.5, 0.6) is 0 Å². The number of hydrogen-bond donors (Lipinski definition) is 1. The Morgan fingerprint density at radius 2 is 2.24 bits per heavy atom. The van der Waals surface area contributed by atoms with Gasteiger partial charge in [-0.2, -0.15) is 0 Å². The van der Waals surface area contributed by atoms with Crippen LogP contribution in [0.4, 0.5) is 5.95 Å². The summed E-state index contributed by atoms with van der Waals surface area (Å²) in [6, 6.07) is 1.89. The van der Waals surface area contributed by atoms with Crippen LogP contribution in [0, 0.1) is 12.8 Å². The standard InChI is InChI=1S/C15H24N4O2/c1-12-4-8-17-15(18-12)19-9-5-13(6-10-19)14(20)16-7-3-11-21-2/h4,8,13H,3,5-7,9-11H2,1-2H3,(H,16,20). The Hall–Kier alpha value is -1.69. The van der Waals surface area contributed by atoms with Crippen LogP contribution in [0.3, 0.4) is 0 Å². The van der Waals surface area contributed by atoms with Crippen molar-refractivity contribution < 1.29 is 9.53 Å². The molecule has 0 atom stereocenters. The molecule has 6 nitrogen and oxygen atoms in total. The third-order valence-corrected chi connectivity index (χ3v) is 3.76. The number of hydrogen-bond acceptors (Lipinski definition) is 5. The number of anilines is 1. The average molecular weight is 292 g/mol. The minimum atomic E-state index is 0.105. The number of methoxy groups -OCH3 is 1. The van der Waals surface area contributed by atoms with Crippen molar-refractivity contribution >= 4 is 11.9 Å². The van der Waals surface area contributed by atoms with Crippen molar-refractivity contribution in [3.8, 4) is 0 Å². The minimum absolute atomic E-state index is 0.105. The van der Waals surface area contributed by atoms with E-state index in [9.17, 15) is 4.79 Å². The minimum Gasteiger partial charge on any atom is -0.385 e. The highest BCUT2D eigenvalue weighted by molar-refractivity contribution is 5.78. The molecule has 0 radical (unpaired) electrons. The van der Waals surface area contributed by atoms with Gasteiger partial charge in [0.2, 0.25) is 11.9 Å². The molecule has 0 spiro atoms. The van der Waals surface area contributed by atoms with E-state index in [-0.39, 0.29) is 11.8 Å². The molecule has 0 bridgehead atoms. The highest BCUT2D eigenvalue weighted by Gasteiger charge is 2.25. The number of aromatic nitrogens is 2. The lowest BCUT2D eigenvalue weighted by atomic mass is 9.96. The second-order valence-corrected chi connectivity index (χ2v) is 5.40. The fourth-order valence-corrected chi connectivity index (χ4v) is 2.50. The van der Waals surface area contributed by atoms with Gasteiger partial charge in [-0.15, -0.1) is 0 Å². The Morgan fingerprint density at radius 3 is 2.90 bits per heavy atom. The first-order valence-electron chi connectivity index (χ1n) is 7.52. The molecule has 2 rings (SSSR count). The van der Waals surface area contributed by atoms with E-state index >= 15 is 0 Å². The number of ether oxygens (including phenoxy) is 1. The van der Waals surface area contributed by atoms with Gasteiger partial charge in [-0.25, -0.2) is 9.97 Å². The van der Waals surface area contributed by atoms with Crippen molar-refractivity contribution in [3.63, 3.8) is 0 Å². The number of rotatable bonds is 6. The van der Waals surface area contributed by atoms with E-state index in [0.29, 0.717) is 13.2 Å². The molecule has 6 heteroatoms. The lowest BCUT2D eigenvalue weighted by molar-refractivity contribution is -0.125. The van der Waals surface area contributed by atoms with Gasteiger partial charge in [-0.05, 0) is 32.3 Å². The summed E-state index contributed by atoms with van der Waals surface area (Å²) in [4.78, 5) is 23.0. The molecule has 116 valence electrons. The number of carbonyl (C=O) groups is 1. The normalized spacial score (nSPS) is 16.0. The summed E-state index contributed by atoms with van der Waals surface area (Å²) in [6.07, 6.45) is 4.35. The van der Waals surface area contributed by atoms with Crippen LogP contribution in [0.15, 0.2) is 12.3 Å². The predicted octanol–water partition coefficient (Wildman–Crippen LogP) is 1.15. The van der Waals surface area contributed by atoms with Gasteiger partial charge in [0, 0.05) is 51.2 Å². The van der Waals surface area contributed by atoms with Gasteiger partial charge in [-0.1, -0.05) is 0 Å². The van der Waals surface area contributed by atoms with E-state index in [2.05, 4.69) is 20.2 Å². The Morgan fingerprint density at radius 1 is 1.48 bits per heavy atom. The lowest BCUT2D eigenvalue weighted by Gasteiger charge is -2.31. The first-order chi connectivity index (χ1) is 10.2. The smallest absolute Gasteiger partial charge is 0.225 e. The number of piperidine rings is 1. The first kappa shape index (κ1) is 15.7. The van der Waals surface area contributed by atoms with Gasteiger partial charge in [0.15, 0.2) is 0 Å². The van der Waals surface area contributed by atoms with E-state index < -0.39 is 0 Å². The van der Waals surface area contributed by atoms with Crippen molar-refractivity contribution in [1.29, 1.82) is 0 Å². The maximum Gasteiger partial charge on any atom is 0.225 e. The van der Waals surface area contributed by atoms with E-state index in [1.54, 1.807) is 13.3 Å². The van der Waals surface area contributed by atoms with Crippen molar-refractivity contribution in [2.24, 2.45) is 5.92 Å². The maximum atomic E-state index is 12.1. The topological polar surface area (TPSA) is 67.3 Å². The SMILES string of the molecule is COCCCNC(=O)C1CCN(c2nccc(C)n2)CC1. The quantitative estimate of drug-likeness (QED) is 0.797. The van der Waals surface area contributed by atoms with Gasteiger partial charge in [0.1, 0.15) is 0 Å². The highest BCUT2D eigenvalue weighted by Crippen LogP contribution is 2.20. The fraction of sp³-hybridized carbons (Fsp3) is 0.667. The Bertz CT molecular complexity index is 459. The molecular weight excluding hydrogens is 268 g/mol. The zero-order valence-corrected chi connectivity index (χ0v) is 12.8. The van der Waals surface area contributed by atoms with Crippen molar-refractivity contribution in [1.82, 2.24) is 15.3 Å². The van der Waals surface area contributed by atoms with Crippen molar-refractivity contribution in [3.05, 3.63) is 18.0 Å². The molecule has 21 heavy (non-hydrogen) atoms. The van der Waals surface area contributed by atoms with Gasteiger partial charge < -0.3 is 15.0 Å². The largest absolute Gasteiger partial charge is 0.385 e. The molecule has 1 amide bonds. The second kappa shape index (κ2) is 7.93. The molecule has 1 aliphatic rings. The molecular formula is C15H24N4O2. The second-order valence-electron chi connectivity index (χ2n) is 5.40. The van der Waals surface area contributed by atoms with E-state index in [1.807, 2.05) is 13.0 Å². The molecule has 0 aliphatic carbocycles.